The quantitative estimate of drug-likeness (QED) is 0.456. The van der Waals surface area contributed by atoms with Crippen LogP contribution in [0, 0.1) is 0 Å². The summed E-state index contributed by atoms with van der Waals surface area (Å²) in [6, 6.07) is -0.810. The van der Waals surface area contributed by atoms with Crippen LogP contribution in [0.3, 0.4) is 0 Å². The molecule has 6 nitrogen and oxygen atoms in total. The number of hydrogen-bond donors (Lipinski definition) is 3. The van der Waals surface area contributed by atoms with Crippen molar-refractivity contribution < 1.29 is 14.3 Å². The highest BCUT2D eigenvalue weighted by Crippen LogP contribution is 2.02. The molecule has 0 spiro atoms. The number of amides is 1. The number of carbonyl (C=O) groups is 2. The van der Waals surface area contributed by atoms with E-state index in [0.717, 1.165) is 0 Å². The molecule has 0 aromatic heterocycles. The minimum atomic E-state index is -0.419. The van der Waals surface area contributed by atoms with Crippen LogP contribution >= 0.6 is 0 Å². The van der Waals surface area contributed by atoms with Gasteiger partial charge >= 0.3 is 5.97 Å². The number of hydrogen-bond acceptors (Lipinski definition) is 5. The van der Waals surface area contributed by atoms with E-state index < -0.39 is 18.0 Å². The van der Waals surface area contributed by atoms with Crippen LogP contribution in [0.2, 0.25) is 0 Å². The predicted molar refractivity (Wildman–Crippen MR) is 56.1 cm³/mol. The second-order valence-electron chi connectivity index (χ2n) is 3.19. The van der Waals surface area contributed by atoms with Crippen LogP contribution in [-0.4, -0.2) is 45.2 Å². The molecule has 0 aliphatic rings. The Bertz CT molecular complexity index is 221. The number of esters is 1. The van der Waals surface area contributed by atoms with Crippen molar-refractivity contribution in [3.63, 3.8) is 0 Å². The van der Waals surface area contributed by atoms with Crippen LogP contribution in [0.25, 0.3) is 0 Å². The summed E-state index contributed by atoms with van der Waals surface area (Å²) in [5.74, 6) is -0.756. The maximum absolute atomic E-state index is 11.2. The molecule has 2 atom stereocenters. The number of nitrogens with two attached hydrogens (primary N) is 1. The first kappa shape index (κ1) is 13.9. The van der Waals surface area contributed by atoms with Gasteiger partial charge < -0.3 is 21.1 Å². The summed E-state index contributed by atoms with van der Waals surface area (Å²) < 4.78 is 4.59. The summed E-state index contributed by atoms with van der Waals surface area (Å²) in [5.41, 5.74) is 5.15. The second-order valence-corrected chi connectivity index (χ2v) is 3.19. The van der Waals surface area contributed by atoms with E-state index >= 15 is 0 Å². The third kappa shape index (κ3) is 4.75. The van der Waals surface area contributed by atoms with Crippen molar-refractivity contribution in [2.75, 3.05) is 21.2 Å². The fourth-order valence-corrected chi connectivity index (χ4v) is 1.28. The van der Waals surface area contributed by atoms with Gasteiger partial charge in [-0.1, -0.05) is 0 Å². The Kier molecular flexibility index (Phi) is 6.64. The molecule has 0 radical (unpaired) electrons. The molecule has 4 N–H and O–H groups in total. The van der Waals surface area contributed by atoms with Crippen molar-refractivity contribution >= 4 is 11.9 Å². The zero-order chi connectivity index (χ0) is 11.8. The van der Waals surface area contributed by atoms with Gasteiger partial charge in [0.25, 0.3) is 0 Å². The SMILES string of the molecule is CNC(CCC(NC)C(=O)OC)C(N)=O. The fourth-order valence-electron chi connectivity index (χ4n) is 1.28. The van der Waals surface area contributed by atoms with Gasteiger partial charge in [0, 0.05) is 0 Å². The van der Waals surface area contributed by atoms with Gasteiger partial charge in [0.2, 0.25) is 5.91 Å². The number of likely N-dealkylation sites (N-methyl/N-ethyl adjacent to an activating group) is 2. The number of primary amides is 1. The Morgan fingerprint density at radius 3 is 2.00 bits per heavy atom. The summed E-state index contributed by atoms with van der Waals surface area (Å²) in [6.07, 6.45) is 0.990. The Morgan fingerprint density at radius 2 is 1.67 bits per heavy atom. The molecule has 2 unspecified atom stereocenters. The monoisotopic (exact) mass is 217 g/mol. The lowest BCUT2D eigenvalue weighted by Crippen LogP contribution is -2.42. The van der Waals surface area contributed by atoms with Crippen LogP contribution < -0.4 is 16.4 Å². The van der Waals surface area contributed by atoms with E-state index in [1.165, 1.54) is 7.11 Å². The molecule has 6 heteroatoms. The molecule has 15 heavy (non-hydrogen) atoms. The van der Waals surface area contributed by atoms with Crippen molar-refractivity contribution in [1.82, 2.24) is 10.6 Å². The smallest absolute Gasteiger partial charge is 0.322 e. The third-order valence-corrected chi connectivity index (χ3v) is 2.27. The van der Waals surface area contributed by atoms with Gasteiger partial charge in [-0.15, -0.1) is 0 Å². The number of ether oxygens (including phenoxy) is 1. The summed E-state index contributed by atoms with van der Waals surface area (Å²) in [6.45, 7) is 0. The first-order valence-electron chi connectivity index (χ1n) is 4.78. The second kappa shape index (κ2) is 7.19. The van der Waals surface area contributed by atoms with Gasteiger partial charge in [0.05, 0.1) is 13.2 Å². The molecule has 0 rings (SSSR count). The van der Waals surface area contributed by atoms with Crippen LogP contribution in [0.15, 0.2) is 0 Å². The van der Waals surface area contributed by atoms with E-state index in [0.29, 0.717) is 12.8 Å². The summed E-state index contributed by atoms with van der Waals surface area (Å²) >= 11 is 0. The van der Waals surface area contributed by atoms with Crippen molar-refractivity contribution in [1.29, 1.82) is 0 Å². The molecule has 0 aromatic rings. The van der Waals surface area contributed by atoms with Crippen LogP contribution in [0.5, 0.6) is 0 Å². The molecule has 0 aliphatic carbocycles. The molecule has 0 aliphatic heterocycles. The molecule has 0 heterocycles. The first-order valence-corrected chi connectivity index (χ1v) is 4.78. The predicted octanol–water partition coefficient (Wildman–Crippen LogP) is -1.40. The lowest BCUT2D eigenvalue weighted by Gasteiger charge is -2.16. The van der Waals surface area contributed by atoms with E-state index in [1.807, 2.05) is 0 Å². The standard InChI is InChI=1S/C9H19N3O3/c1-11-6(8(10)13)4-5-7(12-2)9(14)15-3/h6-7,11-12H,4-5H2,1-3H3,(H2,10,13). The van der Waals surface area contributed by atoms with Crippen molar-refractivity contribution in [3.8, 4) is 0 Å². The topological polar surface area (TPSA) is 93.4 Å². The number of nitrogens with one attached hydrogen (secondary N) is 2. The van der Waals surface area contributed by atoms with Crippen molar-refractivity contribution in [3.05, 3.63) is 0 Å². The Labute approximate surface area is 89.5 Å². The normalized spacial score (nSPS) is 14.3. The molecule has 0 saturated heterocycles. The van der Waals surface area contributed by atoms with Gasteiger partial charge in [0.15, 0.2) is 0 Å². The Hall–Kier alpha value is -1.14. The molecular formula is C9H19N3O3. The molecular weight excluding hydrogens is 198 g/mol. The van der Waals surface area contributed by atoms with Crippen molar-refractivity contribution in [2.45, 2.75) is 24.9 Å². The molecule has 88 valence electrons. The first-order chi connectivity index (χ1) is 7.06. The van der Waals surface area contributed by atoms with E-state index in [4.69, 9.17) is 5.73 Å². The highest BCUT2D eigenvalue weighted by Gasteiger charge is 2.20. The van der Waals surface area contributed by atoms with E-state index in [9.17, 15) is 9.59 Å². The van der Waals surface area contributed by atoms with Gasteiger partial charge in [0.1, 0.15) is 6.04 Å². The largest absolute Gasteiger partial charge is 0.468 e. The number of rotatable bonds is 7. The lowest BCUT2D eigenvalue weighted by molar-refractivity contribution is -0.143. The van der Waals surface area contributed by atoms with Gasteiger partial charge in [-0.2, -0.15) is 0 Å². The minimum Gasteiger partial charge on any atom is -0.468 e. The van der Waals surface area contributed by atoms with E-state index in [-0.39, 0.29) is 5.97 Å². The molecule has 1 amide bonds. The van der Waals surface area contributed by atoms with E-state index in [1.54, 1.807) is 14.1 Å². The maximum Gasteiger partial charge on any atom is 0.322 e. The summed E-state index contributed by atoms with van der Waals surface area (Å²) in [7, 11) is 4.65. The van der Waals surface area contributed by atoms with Gasteiger partial charge in [-0.25, -0.2) is 0 Å². The van der Waals surface area contributed by atoms with Crippen LogP contribution in [0.4, 0.5) is 0 Å². The number of methoxy groups -OCH3 is 1. The highest BCUT2D eigenvalue weighted by atomic mass is 16.5. The summed E-state index contributed by atoms with van der Waals surface area (Å²) in [5, 5.41) is 5.60. The fraction of sp³-hybridized carbons (Fsp3) is 0.778. The summed E-state index contributed by atoms with van der Waals surface area (Å²) in [4.78, 5) is 22.1. The average Bonchev–Trinajstić information content (AvgIpc) is 2.23. The molecule has 0 saturated carbocycles. The maximum atomic E-state index is 11.2. The van der Waals surface area contributed by atoms with Crippen LogP contribution in [-0.2, 0) is 14.3 Å². The van der Waals surface area contributed by atoms with Crippen molar-refractivity contribution in [2.24, 2.45) is 5.73 Å². The molecule has 0 bridgehead atoms. The van der Waals surface area contributed by atoms with Gasteiger partial charge in [-0.3, -0.25) is 9.59 Å². The Morgan fingerprint density at radius 1 is 1.20 bits per heavy atom. The Balaban J connectivity index is 4.09. The molecule has 0 fully saturated rings. The van der Waals surface area contributed by atoms with Crippen LogP contribution in [0.1, 0.15) is 12.8 Å². The van der Waals surface area contributed by atoms with E-state index in [2.05, 4.69) is 15.4 Å². The highest BCUT2D eigenvalue weighted by molar-refractivity contribution is 5.80. The minimum absolute atomic E-state index is 0.336. The average molecular weight is 217 g/mol. The third-order valence-electron chi connectivity index (χ3n) is 2.27. The zero-order valence-corrected chi connectivity index (χ0v) is 9.37. The number of carbonyl (C=O) groups excluding carboxylic acids is 2. The lowest BCUT2D eigenvalue weighted by atomic mass is 10.1. The van der Waals surface area contributed by atoms with Gasteiger partial charge in [-0.05, 0) is 26.9 Å². The zero-order valence-electron chi connectivity index (χ0n) is 9.37. The molecule has 0 aromatic carbocycles.